The first-order valence-electron chi connectivity index (χ1n) is 11.5. The van der Waals surface area contributed by atoms with Crippen molar-refractivity contribution < 1.29 is 9.53 Å². The molecule has 0 saturated heterocycles. The Bertz CT molecular complexity index is 1330. The number of ether oxygens (including phenoxy) is 1. The highest BCUT2D eigenvalue weighted by Gasteiger charge is 2.28. The Balaban J connectivity index is 1.89. The average Bonchev–Trinajstić information content (AvgIpc) is 3.37. The molecule has 2 aromatic carbocycles. The second kappa shape index (κ2) is 10.2. The molecule has 0 aliphatic carbocycles. The summed E-state index contributed by atoms with van der Waals surface area (Å²) in [6.07, 6.45) is 0. The first kappa shape index (κ1) is 23.7. The standard InChI is InChI=1S/C27H29N3O3S/c1-5-33-21-14-12-20(13-15-21)30-25(28-23-10-7-6-9-22(23)26(30)31)19(4)29(17-18(2)3)27(32)24-11-8-16-34-24/h6-16,18-19H,5,17H2,1-4H3. The van der Waals surface area contributed by atoms with E-state index in [2.05, 4.69) is 13.8 Å². The van der Waals surface area contributed by atoms with Crippen molar-refractivity contribution in [2.24, 2.45) is 5.92 Å². The Morgan fingerprint density at radius 2 is 1.79 bits per heavy atom. The molecular weight excluding hydrogens is 446 g/mol. The lowest BCUT2D eigenvalue weighted by Gasteiger charge is -2.31. The van der Waals surface area contributed by atoms with Crippen LogP contribution in [0, 0.1) is 5.92 Å². The molecule has 0 aliphatic rings. The van der Waals surface area contributed by atoms with E-state index < -0.39 is 6.04 Å². The molecule has 176 valence electrons. The van der Waals surface area contributed by atoms with Crippen LogP contribution in [0.3, 0.4) is 0 Å². The molecule has 0 fully saturated rings. The van der Waals surface area contributed by atoms with Gasteiger partial charge in [-0.3, -0.25) is 14.2 Å². The molecule has 1 atom stereocenters. The lowest BCUT2D eigenvalue weighted by atomic mass is 10.1. The third-order valence-corrected chi connectivity index (χ3v) is 6.46. The zero-order chi connectivity index (χ0) is 24.2. The van der Waals surface area contributed by atoms with Crippen LogP contribution in [0.25, 0.3) is 16.6 Å². The Labute approximate surface area is 203 Å². The van der Waals surface area contributed by atoms with Gasteiger partial charge in [0.1, 0.15) is 11.6 Å². The summed E-state index contributed by atoms with van der Waals surface area (Å²) in [5, 5.41) is 2.43. The topological polar surface area (TPSA) is 64.4 Å². The van der Waals surface area contributed by atoms with Crippen molar-refractivity contribution in [1.29, 1.82) is 0 Å². The van der Waals surface area contributed by atoms with Gasteiger partial charge in [0.05, 0.1) is 34.1 Å². The summed E-state index contributed by atoms with van der Waals surface area (Å²) in [5.74, 6) is 1.45. The SMILES string of the molecule is CCOc1ccc(-n2c(C(C)N(CC(C)C)C(=O)c3cccs3)nc3ccccc3c2=O)cc1. The Morgan fingerprint density at radius 1 is 1.06 bits per heavy atom. The molecule has 7 heteroatoms. The van der Waals surface area contributed by atoms with Gasteiger partial charge in [0.25, 0.3) is 11.5 Å². The molecule has 2 heterocycles. The van der Waals surface area contributed by atoms with E-state index in [0.717, 1.165) is 5.75 Å². The van der Waals surface area contributed by atoms with Crippen molar-refractivity contribution in [3.63, 3.8) is 0 Å². The second-order valence-electron chi connectivity index (χ2n) is 8.56. The maximum absolute atomic E-state index is 13.7. The van der Waals surface area contributed by atoms with Crippen LogP contribution < -0.4 is 10.3 Å². The van der Waals surface area contributed by atoms with Crippen LogP contribution in [0.5, 0.6) is 5.75 Å². The summed E-state index contributed by atoms with van der Waals surface area (Å²) in [5.41, 5.74) is 1.14. The number of rotatable bonds is 8. The van der Waals surface area contributed by atoms with Gasteiger partial charge in [0.15, 0.2) is 0 Å². The number of hydrogen-bond acceptors (Lipinski definition) is 5. The molecule has 6 nitrogen and oxygen atoms in total. The lowest BCUT2D eigenvalue weighted by Crippen LogP contribution is -2.39. The minimum Gasteiger partial charge on any atom is -0.494 e. The molecule has 0 saturated carbocycles. The van der Waals surface area contributed by atoms with E-state index in [1.807, 2.05) is 78.7 Å². The molecule has 2 aromatic heterocycles. The summed E-state index contributed by atoms with van der Waals surface area (Å²) in [7, 11) is 0. The molecule has 0 aliphatic heterocycles. The van der Waals surface area contributed by atoms with Gasteiger partial charge in [-0.05, 0) is 67.6 Å². The summed E-state index contributed by atoms with van der Waals surface area (Å²) >= 11 is 1.42. The van der Waals surface area contributed by atoms with E-state index in [4.69, 9.17) is 9.72 Å². The molecule has 1 unspecified atom stereocenters. The predicted molar refractivity (Wildman–Crippen MR) is 137 cm³/mol. The number of benzene rings is 2. The van der Waals surface area contributed by atoms with Gasteiger partial charge in [-0.25, -0.2) is 4.98 Å². The molecule has 1 amide bonds. The van der Waals surface area contributed by atoms with Gasteiger partial charge in [0.2, 0.25) is 0 Å². The Morgan fingerprint density at radius 3 is 2.44 bits per heavy atom. The zero-order valence-electron chi connectivity index (χ0n) is 19.9. The maximum atomic E-state index is 13.7. The van der Waals surface area contributed by atoms with Crippen LogP contribution in [0.4, 0.5) is 0 Å². The van der Waals surface area contributed by atoms with Crippen molar-refractivity contribution in [2.75, 3.05) is 13.2 Å². The molecule has 0 radical (unpaired) electrons. The molecule has 0 N–H and O–H groups in total. The first-order valence-corrected chi connectivity index (χ1v) is 12.4. The fraction of sp³-hybridized carbons (Fsp3) is 0.296. The van der Waals surface area contributed by atoms with Crippen LogP contribution in [0.1, 0.15) is 49.2 Å². The normalized spacial score (nSPS) is 12.1. The third-order valence-electron chi connectivity index (χ3n) is 5.60. The second-order valence-corrected chi connectivity index (χ2v) is 9.51. The largest absolute Gasteiger partial charge is 0.494 e. The van der Waals surface area contributed by atoms with Gasteiger partial charge >= 0.3 is 0 Å². The Hall–Kier alpha value is -3.45. The highest BCUT2D eigenvalue weighted by molar-refractivity contribution is 7.12. The predicted octanol–water partition coefficient (Wildman–Crippen LogP) is 5.71. The zero-order valence-corrected chi connectivity index (χ0v) is 20.7. The monoisotopic (exact) mass is 475 g/mol. The number of carbonyl (C=O) groups excluding carboxylic acids is 1. The summed E-state index contributed by atoms with van der Waals surface area (Å²) in [6, 6.07) is 18.0. The summed E-state index contributed by atoms with van der Waals surface area (Å²) in [4.78, 5) is 34.6. The maximum Gasteiger partial charge on any atom is 0.266 e. The van der Waals surface area contributed by atoms with Crippen molar-refractivity contribution >= 4 is 28.1 Å². The molecule has 4 aromatic rings. The highest BCUT2D eigenvalue weighted by atomic mass is 32.1. The number of hydrogen-bond donors (Lipinski definition) is 0. The number of nitrogens with zero attached hydrogens (tertiary/aromatic N) is 3. The summed E-state index contributed by atoms with van der Waals surface area (Å²) in [6.45, 7) is 9.14. The van der Waals surface area contributed by atoms with Crippen molar-refractivity contribution in [1.82, 2.24) is 14.5 Å². The van der Waals surface area contributed by atoms with Crippen LogP contribution in [-0.4, -0.2) is 33.5 Å². The highest BCUT2D eigenvalue weighted by Crippen LogP contribution is 2.27. The molecular formula is C27H29N3O3S. The summed E-state index contributed by atoms with van der Waals surface area (Å²) < 4.78 is 7.20. The number of carbonyl (C=O) groups is 1. The van der Waals surface area contributed by atoms with Gasteiger partial charge in [-0.1, -0.05) is 32.0 Å². The smallest absolute Gasteiger partial charge is 0.266 e. The van der Waals surface area contributed by atoms with E-state index in [-0.39, 0.29) is 17.4 Å². The van der Waals surface area contributed by atoms with Gasteiger partial charge < -0.3 is 9.64 Å². The van der Waals surface area contributed by atoms with Crippen LogP contribution in [0.15, 0.2) is 70.8 Å². The average molecular weight is 476 g/mol. The van der Waals surface area contributed by atoms with E-state index >= 15 is 0 Å². The number of para-hydroxylation sites is 1. The van der Waals surface area contributed by atoms with Crippen molar-refractivity contribution in [3.8, 4) is 11.4 Å². The van der Waals surface area contributed by atoms with Crippen LogP contribution in [-0.2, 0) is 0 Å². The van der Waals surface area contributed by atoms with E-state index in [1.54, 1.807) is 10.6 Å². The fourth-order valence-electron chi connectivity index (χ4n) is 4.03. The number of fused-ring (bicyclic) bond motifs is 1. The molecule has 0 spiro atoms. The number of amides is 1. The first-order chi connectivity index (χ1) is 16.4. The fourth-order valence-corrected chi connectivity index (χ4v) is 4.71. The molecule has 34 heavy (non-hydrogen) atoms. The molecule has 4 rings (SSSR count). The van der Waals surface area contributed by atoms with Crippen LogP contribution in [0.2, 0.25) is 0 Å². The van der Waals surface area contributed by atoms with E-state index in [9.17, 15) is 9.59 Å². The number of thiophene rings is 1. The van der Waals surface area contributed by atoms with Gasteiger partial charge in [-0.2, -0.15) is 0 Å². The lowest BCUT2D eigenvalue weighted by molar-refractivity contribution is 0.0660. The minimum atomic E-state index is -0.430. The van der Waals surface area contributed by atoms with Crippen LogP contribution >= 0.6 is 11.3 Å². The molecule has 0 bridgehead atoms. The quantitative estimate of drug-likeness (QED) is 0.328. The van der Waals surface area contributed by atoms with E-state index in [1.165, 1.54) is 11.3 Å². The number of aromatic nitrogens is 2. The van der Waals surface area contributed by atoms with Gasteiger partial charge in [0, 0.05) is 6.54 Å². The van der Waals surface area contributed by atoms with Gasteiger partial charge in [-0.15, -0.1) is 11.3 Å². The minimum absolute atomic E-state index is 0.0585. The third kappa shape index (κ3) is 4.75. The van der Waals surface area contributed by atoms with E-state index in [0.29, 0.717) is 40.4 Å². The van der Waals surface area contributed by atoms with Crippen molar-refractivity contribution in [3.05, 3.63) is 87.1 Å². The Kier molecular flexibility index (Phi) is 7.12. The van der Waals surface area contributed by atoms with Crippen molar-refractivity contribution in [2.45, 2.75) is 33.7 Å².